The fourth-order valence-corrected chi connectivity index (χ4v) is 2.35. The number of thiazole rings is 1. The number of nitrogens with one attached hydrogen (secondary N) is 1. The van der Waals surface area contributed by atoms with E-state index in [-0.39, 0.29) is 0 Å². The summed E-state index contributed by atoms with van der Waals surface area (Å²) in [6.07, 6.45) is 0. The van der Waals surface area contributed by atoms with E-state index in [1.165, 1.54) is 11.3 Å². The number of aryl methyl sites for hydroxylation is 1. The highest BCUT2D eigenvalue weighted by Gasteiger charge is 2.05. The lowest BCUT2D eigenvalue weighted by atomic mass is 10.2. The van der Waals surface area contributed by atoms with Crippen LogP contribution in [0, 0.1) is 6.92 Å². The Morgan fingerprint density at radius 2 is 2.29 bits per heavy atom. The van der Waals surface area contributed by atoms with Gasteiger partial charge in [0, 0.05) is 10.9 Å². The second-order valence-electron chi connectivity index (χ2n) is 3.48. The molecule has 1 aromatic carbocycles. The predicted molar refractivity (Wildman–Crippen MR) is 77.5 cm³/mol. The summed E-state index contributed by atoms with van der Waals surface area (Å²) in [5, 5.41) is 6.51. The van der Waals surface area contributed by atoms with E-state index >= 15 is 0 Å². The van der Waals surface area contributed by atoms with Crippen LogP contribution in [-0.2, 0) is 0 Å². The molecule has 0 aliphatic heterocycles. The van der Waals surface area contributed by atoms with Gasteiger partial charge >= 0.3 is 0 Å². The maximum atomic E-state index is 6.13. The van der Waals surface area contributed by atoms with E-state index in [0.29, 0.717) is 10.0 Å². The normalized spacial score (nSPS) is 10.2. The zero-order valence-electron chi connectivity index (χ0n) is 9.03. The summed E-state index contributed by atoms with van der Waals surface area (Å²) in [6.45, 7) is 1.94. The predicted octanol–water partition coefficient (Wildman–Crippen LogP) is 3.48. The first-order valence-corrected chi connectivity index (χ1v) is 6.51. The Balaban J connectivity index is 2.25. The third kappa shape index (κ3) is 2.94. The van der Waals surface area contributed by atoms with Gasteiger partial charge in [-0.25, -0.2) is 4.98 Å². The molecular weight excluding hydrogens is 274 g/mol. The van der Waals surface area contributed by atoms with Gasteiger partial charge in [0.2, 0.25) is 0 Å². The molecule has 3 nitrogen and oxygen atoms in total. The molecule has 1 aromatic heterocycles. The Hall–Kier alpha value is -1.17. The number of hydrogen-bond acceptors (Lipinski definition) is 4. The maximum absolute atomic E-state index is 6.13. The van der Waals surface area contributed by atoms with Gasteiger partial charge in [0.05, 0.1) is 16.4 Å². The zero-order chi connectivity index (χ0) is 12.4. The van der Waals surface area contributed by atoms with E-state index in [9.17, 15) is 0 Å². The van der Waals surface area contributed by atoms with Crippen molar-refractivity contribution in [1.82, 2.24) is 4.98 Å². The van der Waals surface area contributed by atoms with Crippen molar-refractivity contribution in [2.24, 2.45) is 5.73 Å². The maximum Gasteiger partial charge on any atom is 0.187 e. The summed E-state index contributed by atoms with van der Waals surface area (Å²) in [7, 11) is 0. The fourth-order valence-electron chi connectivity index (χ4n) is 1.30. The number of hydrogen-bond donors (Lipinski definition) is 2. The summed E-state index contributed by atoms with van der Waals surface area (Å²) in [6, 6.07) is 5.41. The summed E-state index contributed by atoms with van der Waals surface area (Å²) in [5.41, 5.74) is 8.06. The molecule has 1 heterocycles. The van der Waals surface area contributed by atoms with Crippen molar-refractivity contribution < 1.29 is 0 Å². The second kappa shape index (κ2) is 5.00. The topological polar surface area (TPSA) is 50.9 Å². The fraction of sp³-hybridized carbons (Fsp3) is 0.0909. The molecule has 0 unspecified atom stereocenters. The number of halogens is 1. The van der Waals surface area contributed by atoms with E-state index < -0.39 is 0 Å². The van der Waals surface area contributed by atoms with Crippen molar-refractivity contribution >= 4 is 51.0 Å². The minimum absolute atomic E-state index is 0.337. The first kappa shape index (κ1) is 12.3. The number of aromatic nitrogens is 1. The van der Waals surface area contributed by atoms with Gasteiger partial charge in [0.1, 0.15) is 4.99 Å². The SMILES string of the molecule is Cc1csc(Nc2ccc(C(N)=S)cc2Cl)n1. The lowest BCUT2D eigenvalue weighted by Gasteiger charge is -2.06. The number of anilines is 2. The highest BCUT2D eigenvalue weighted by Crippen LogP contribution is 2.27. The largest absolute Gasteiger partial charge is 0.389 e. The molecule has 0 amide bonds. The van der Waals surface area contributed by atoms with E-state index in [0.717, 1.165) is 22.1 Å². The Morgan fingerprint density at radius 1 is 1.53 bits per heavy atom. The van der Waals surface area contributed by atoms with Gasteiger partial charge < -0.3 is 11.1 Å². The van der Waals surface area contributed by atoms with Crippen molar-refractivity contribution in [1.29, 1.82) is 0 Å². The van der Waals surface area contributed by atoms with Gasteiger partial charge in [0.25, 0.3) is 0 Å². The molecule has 0 radical (unpaired) electrons. The third-order valence-corrected chi connectivity index (χ3v) is 3.54. The number of nitrogens with zero attached hydrogens (tertiary/aromatic N) is 1. The van der Waals surface area contributed by atoms with Gasteiger partial charge in [-0.05, 0) is 25.1 Å². The molecule has 88 valence electrons. The van der Waals surface area contributed by atoms with Gasteiger partial charge in [-0.15, -0.1) is 11.3 Å². The van der Waals surface area contributed by atoms with Crippen molar-refractivity contribution in [3.8, 4) is 0 Å². The molecular formula is C11H10ClN3S2. The number of rotatable bonds is 3. The number of thiocarbonyl (C=S) groups is 1. The van der Waals surface area contributed by atoms with Crippen LogP contribution in [0.4, 0.5) is 10.8 Å². The molecule has 6 heteroatoms. The van der Waals surface area contributed by atoms with Crippen molar-refractivity contribution in [3.63, 3.8) is 0 Å². The van der Waals surface area contributed by atoms with E-state index in [2.05, 4.69) is 10.3 Å². The number of nitrogens with two attached hydrogens (primary N) is 1. The van der Waals surface area contributed by atoms with Gasteiger partial charge in [0.15, 0.2) is 5.13 Å². The Bertz CT molecular complexity index is 566. The van der Waals surface area contributed by atoms with Crippen LogP contribution in [0.15, 0.2) is 23.6 Å². The molecule has 2 aromatic rings. The van der Waals surface area contributed by atoms with Crippen LogP contribution >= 0.6 is 35.2 Å². The third-order valence-electron chi connectivity index (χ3n) is 2.11. The standard InChI is InChI=1S/C11H10ClN3S2/c1-6-5-17-11(14-6)15-9-3-2-7(10(13)16)4-8(9)12/h2-5H,1H3,(H2,13,16)(H,14,15). The van der Waals surface area contributed by atoms with Crippen LogP contribution in [0.5, 0.6) is 0 Å². The van der Waals surface area contributed by atoms with Gasteiger partial charge in [-0.2, -0.15) is 0 Å². The molecule has 0 bridgehead atoms. The average Bonchev–Trinajstić information content (AvgIpc) is 2.67. The van der Waals surface area contributed by atoms with Crippen LogP contribution in [0.25, 0.3) is 0 Å². The van der Waals surface area contributed by atoms with E-state index in [4.69, 9.17) is 29.6 Å². The Morgan fingerprint density at radius 3 is 2.82 bits per heavy atom. The molecule has 0 saturated heterocycles. The first-order valence-electron chi connectivity index (χ1n) is 4.85. The molecule has 0 spiro atoms. The van der Waals surface area contributed by atoms with E-state index in [1.807, 2.05) is 24.4 Å². The molecule has 2 rings (SSSR count). The van der Waals surface area contributed by atoms with Crippen LogP contribution in [0.2, 0.25) is 5.02 Å². The summed E-state index contributed by atoms with van der Waals surface area (Å²) >= 11 is 12.5. The first-order chi connectivity index (χ1) is 8.06. The van der Waals surface area contributed by atoms with Crippen LogP contribution < -0.4 is 11.1 Å². The molecule has 0 saturated carbocycles. The molecule has 17 heavy (non-hydrogen) atoms. The molecule has 0 aliphatic carbocycles. The Kier molecular flexibility index (Phi) is 3.61. The van der Waals surface area contributed by atoms with Crippen molar-refractivity contribution in [3.05, 3.63) is 39.9 Å². The zero-order valence-corrected chi connectivity index (χ0v) is 11.4. The summed E-state index contributed by atoms with van der Waals surface area (Å²) in [4.78, 5) is 4.64. The van der Waals surface area contributed by atoms with Gasteiger partial charge in [-0.1, -0.05) is 23.8 Å². The summed E-state index contributed by atoms with van der Waals surface area (Å²) in [5.74, 6) is 0. The molecule has 0 fully saturated rings. The lowest BCUT2D eigenvalue weighted by molar-refractivity contribution is 1.26. The van der Waals surface area contributed by atoms with Crippen molar-refractivity contribution in [2.45, 2.75) is 6.92 Å². The minimum Gasteiger partial charge on any atom is -0.389 e. The quantitative estimate of drug-likeness (QED) is 0.847. The second-order valence-corrected chi connectivity index (χ2v) is 5.18. The number of benzene rings is 1. The molecule has 0 atom stereocenters. The van der Waals surface area contributed by atoms with Crippen LogP contribution in [0.3, 0.4) is 0 Å². The smallest absolute Gasteiger partial charge is 0.187 e. The highest BCUT2D eigenvalue weighted by molar-refractivity contribution is 7.80. The lowest BCUT2D eigenvalue weighted by Crippen LogP contribution is -2.09. The van der Waals surface area contributed by atoms with Crippen LogP contribution in [0.1, 0.15) is 11.3 Å². The van der Waals surface area contributed by atoms with Crippen LogP contribution in [-0.4, -0.2) is 9.97 Å². The average molecular weight is 284 g/mol. The van der Waals surface area contributed by atoms with E-state index in [1.54, 1.807) is 6.07 Å². The Labute approximate surface area is 114 Å². The minimum atomic E-state index is 0.337. The van der Waals surface area contributed by atoms with Crippen molar-refractivity contribution in [2.75, 3.05) is 5.32 Å². The monoisotopic (exact) mass is 283 g/mol. The van der Waals surface area contributed by atoms with Gasteiger partial charge in [-0.3, -0.25) is 0 Å². The summed E-state index contributed by atoms with van der Waals surface area (Å²) < 4.78 is 0. The molecule has 0 aliphatic rings. The highest BCUT2D eigenvalue weighted by atomic mass is 35.5. The molecule has 3 N–H and O–H groups in total.